The van der Waals surface area contributed by atoms with Gasteiger partial charge >= 0.3 is 0 Å². The van der Waals surface area contributed by atoms with Crippen molar-refractivity contribution in [3.05, 3.63) is 29.3 Å². The van der Waals surface area contributed by atoms with E-state index in [0.29, 0.717) is 0 Å². The third kappa shape index (κ3) is 1.07. The summed E-state index contributed by atoms with van der Waals surface area (Å²) in [5.41, 5.74) is -1.53. The van der Waals surface area contributed by atoms with Gasteiger partial charge in [-0.1, -0.05) is 0 Å². The summed E-state index contributed by atoms with van der Waals surface area (Å²) in [4.78, 5) is 3.41. The maximum atomic E-state index is 13.2. The molecular formula is C7H8FN. The van der Waals surface area contributed by atoms with E-state index in [4.69, 9.17) is 8.22 Å². The van der Waals surface area contributed by atoms with Crippen molar-refractivity contribution in [2.24, 2.45) is 0 Å². The average Bonchev–Trinajstić information content (AvgIpc) is 1.99. The molecule has 0 spiro atoms. The number of hydrogen-bond acceptors (Lipinski definition) is 1. The quantitative estimate of drug-likeness (QED) is 0.523. The predicted octanol–water partition coefficient (Wildman–Crippen LogP) is 1.84. The Morgan fingerprint density at radius 3 is 3.11 bits per heavy atom. The number of hydrogen-bond donors (Lipinski definition) is 0. The average molecular weight is 131 g/mol. The van der Waals surface area contributed by atoms with Gasteiger partial charge < -0.3 is 0 Å². The van der Waals surface area contributed by atoms with Crippen LogP contribution in [0.5, 0.6) is 0 Å². The first kappa shape index (κ1) is 2.04. The minimum absolute atomic E-state index is 0.706. The molecule has 48 valence electrons. The van der Waals surface area contributed by atoms with Crippen molar-refractivity contribution in [2.75, 3.05) is 0 Å². The molecule has 9 heavy (non-hydrogen) atoms. The van der Waals surface area contributed by atoms with Gasteiger partial charge in [0.15, 0.2) is 0 Å². The number of aryl methyl sites for hydroxylation is 1. The maximum Gasteiger partial charge on any atom is 0.129 e. The Morgan fingerprint density at radius 1 is 1.67 bits per heavy atom. The van der Waals surface area contributed by atoms with Gasteiger partial charge in [-0.05, 0) is 19.8 Å². The van der Waals surface area contributed by atoms with E-state index in [0.717, 1.165) is 12.3 Å². The minimum Gasteiger partial charge on any atom is -0.261 e. The van der Waals surface area contributed by atoms with Crippen LogP contribution in [0.1, 0.15) is 19.5 Å². The molecule has 0 bridgehead atoms. The molecule has 0 saturated heterocycles. The minimum atomic E-state index is -2.82. The van der Waals surface area contributed by atoms with E-state index in [2.05, 4.69) is 4.98 Å². The van der Waals surface area contributed by atoms with E-state index in [-0.39, 0.29) is 0 Å². The fourth-order valence-electron chi connectivity index (χ4n) is 0.438. The Hall–Kier alpha value is -0.920. The van der Waals surface area contributed by atoms with Crippen molar-refractivity contribution in [2.45, 2.75) is 13.7 Å². The molecule has 0 amide bonds. The number of rotatable bonds is 0. The standard InChI is InChI=1S/C7H8FN/c1-5-6(2)9-4-3-7(5)8/h3-4H,1-2H3/i1D3,2D3. The van der Waals surface area contributed by atoms with Crippen molar-refractivity contribution in [3.63, 3.8) is 0 Å². The molecule has 0 saturated carbocycles. The van der Waals surface area contributed by atoms with Crippen molar-refractivity contribution < 1.29 is 12.6 Å². The smallest absolute Gasteiger partial charge is 0.129 e. The first-order valence-electron chi connectivity index (χ1n) is 5.29. The van der Waals surface area contributed by atoms with Crippen LogP contribution in [0.2, 0.25) is 0 Å². The van der Waals surface area contributed by atoms with Crippen molar-refractivity contribution >= 4 is 0 Å². The lowest BCUT2D eigenvalue weighted by Gasteiger charge is -1.96. The molecule has 1 aromatic rings. The largest absolute Gasteiger partial charge is 0.261 e. The highest BCUT2D eigenvalue weighted by Crippen LogP contribution is 2.06. The van der Waals surface area contributed by atoms with E-state index < -0.39 is 30.8 Å². The lowest BCUT2D eigenvalue weighted by Crippen LogP contribution is -1.88. The first-order chi connectivity index (χ1) is 6.64. The number of pyridine rings is 1. The molecular weight excluding hydrogens is 117 g/mol. The van der Waals surface area contributed by atoms with E-state index in [1.807, 2.05) is 0 Å². The summed E-state index contributed by atoms with van der Waals surface area (Å²) in [6.45, 7) is -5.55. The highest BCUT2D eigenvalue weighted by molar-refractivity contribution is 5.17. The summed E-state index contributed by atoms with van der Waals surface area (Å²) >= 11 is 0. The summed E-state index contributed by atoms with van der Waals surface area (Å²) in [7, 11) is 0. The van der Waals surface area contributed by atoms with Crippen LogP contribution in [0.15, 0.2) is 12.3 Å². The van der Waals surface area contributed by atoms with Gasteiger partial charge in [-0.25, -0.2) is 4.39 Å². The first-order valence-corrected chi connectivity index (χ1v) is 2.29. The fourth-order valence-corrected chi connectivity index (χ4v) is 0.438. The van der Waals surface area contributed by atoms with Gasteiger partial charge in [0, 0.05) is 25.7 Å². The zero-order chi connectivity index (χ0) is 11.9. The normalized spacial score (nSPS) is 22.3. The molecule has 1 rings (SSSR count). The van der Waals surface area contributed by atoms with Crippen LogP contribution < -0.4 is 0 Å². The Morgan fingerprint density at radius 2 is 2.56 bits per heavy atom. The van der Waals surface area contributed by atoms with Crippen molar-refractivity contribution in [1.29, 1.82) is 0 Å². The van der Waals surface area contributed by atoms with Gasteiger partial charge in [-0.3, -0.25) is 4.98 Å². The van der Waals surface area contributed by atoms with Crippen LogP contribution in [0.3, 0.4) is 0 Å². The summed E-state index contributed by atoms with van der Waals surface area (Å²) in [6, 6.07) is 0.830. The van der Waals surface area contributed by atoms with Gasteiger partial charge in [0.1, 0.15) is 5.82 Å². The summed E-state index contributed by atoms with van der Waals surface area (Å²) < 4.78 is 55.5. The van der Waals surface area contributed by atoms with Crippen molar-refractivity contribution in [1.82, 2.24) is 4.98 Å². The van der Waals surface area contributed by atoms with Crippen LogP contribution in [-0.2, 0) is 0 Å². The monoisotopic (exact) mass is 131 g/mol. The number of halogens is 1. The molecule has 0 aliphatic rings. The number of nitrogens with zero attached hydrogens (tertiary/aromatic N) is 1. The molecule has 0 radical (unpaired) electrons. The van der Waals surface area contributed by atoms with Gasteiger partial charge in [0.2, 0.25) is 0 Å². The Bertz CT molecular complexity index is 369. The second-order valence-corrected chi connectivity index (χ2v) is 1.52. The van der Waals surface area contributed by atoms with E-state index in [9.17, 15) is 4.39 Å². The number of aromatic nitrogens is 1. The summed E-state index contributed by atoms with van der Waals surface area (Å²) in [5.74, 6) is -1.07. The molecule has 0 unspecified atom stereocenters. The summed E-state index contributed by atoms with van der Waals surface area (Å²) in [6.07, 6.45) is 0.937. The molecule has 1 nitrogen and oxygen atoms in total. The van der Waals surface area contributed by atoms with E-state index in [1.165, 1.54) is 0 Å². The molecule has 0 fully saturated rings. The van der Waals surface area contributed by atoms with Crippen molar-refractivity contribution in [3.8, 4) is 0 Å². The van der Waals surface area contributed by atoms with Crippen LogP contribution in [-0.4, -0.2) is 4.98 Å². The Labute approximate surface area is 62.0 Å². The Balaban J connectivity index is 3.48. The van der Waals surface area contributed by atoms with Crippen LogP contribution >= 0.6 is 0 Å². The van der Waals surface area contributed by atoms with Gasteiger partial charge in [-0.2, -0.15) is 0 Å². The van der Waals surface area contributed by atoms with E-state index in [1.54, 1.807) is 0 Å². The predicted molar refractivity (Wildman–Crippen MR) is 33.7 cm³/mol. The molecule has 2 heteroatoms. The summed E-state index contributed by atoms with van der Waals surface area (Å²) in [5, 5.41) is 0. The third-order valence-electron chi connectivity index (χ3n) is 0.900. The molecule has 1 heterocycles. The Kier molecular flexibility index (Phi) is 0.484. The van der Waals surface area contributed by atoms with Crippen LogP contribution in [0.25, 0.3) is 0 Å². The topological polar surface area (TPSA) is 12.9 Å². The van der Waals surface area contributed by atoms with Gasteiger partial charge in [0.25, 0.3) is 0 Å². The van der Waals surface area contributed by atoms with Crippen LogP contribution in [0.4, 0.5) is 4.39 Å². The lowest BCUT2D eigenvalue weighted by atomic mass is 10.2. The van der Waals surface area contributed by atoms with Crippen LogP contribution in [0, 0.1) is 19.5 Å². The van der Waals surface area contributed by atoms with E-state index >= 15 is 0 Å². The second kappa shape index (κ2) is 2.13. The SMILES string of the molecule is [2H]C([2H])([2H])c1nccc(F)c1C([2H])([2H])[2H]. The van der Waals surface area contributed by atoms with Gasteiger partial charge in [-0.15, -0.1) is 0 Å². The highest BCUT2D eigenvalue weighted by Gasteiger charge is 1.97. The molecule has 0 N–H and O–H groups in total. The maximum absolute atomic E-state index is 13.2. The third-order valence-corrected chi connectivity index (χ3v) is 0.900. The molecule has 0 aliphatic heterocycles. The highest BCUT2D eigenvalue weighted by atomic mass is 19.1. The molecule has 1 aromatic heterocycles. The zero-order valence-electron chi connectivity index (χ0n) is 10.5. The van der Waals surface area contributed by atoms with Gasteiger partial charge in [0.05, 0.1) is 0 Å². The fraction of sp³-hybridized carbons (Fsp3) is 0.286. The lowest BCUT2D eigenvalue weighted by molar-refractivity contribution is 0.613. The molecule has 0 aromatic carbocycles. The molecule has 0 aliphatic carbocycles. The second-order valence-electron chi connectivity index (χ2n) is 1.52. The zero-order valence-corrected chi connectivity index (χ0v) is 4.48. The molecule has 0 atom stereocenters.